The van der Waals surface area contributed by atoms with E-state index in [-0.39, 0.29) is 22.5 Å². The maximum atomic E-state index is 13.6. The van der Waals surface area contributed by atoms with E-state index in [0.717, 1.165) is 18.5 Å². The number of unbranched alkanes of at least 4 members (excludes halogenated alkanes) is 1. The smallest absolute Gasteiger partial charge is 0.368 e. The number of thioether (sulfide) groups is 1. The van der Waals surface area contributed by atoms with Crippen molar-refractivity contribution in [3.05, 3.63) is 48.5 Å². The van der Waals surface area contributed by atoms with Gasteiger partial charge in [-0.3, -0.25) is 0 Å². The molecular formula is C22H26FN3O5S2. The van der Waals surface area contributed by atoms with E-state index in [0.29, 0.717) is 24.3 Å². The predicted molar refractivity (Wildman–Crippen MR) is 125 cm³/mol. The molecule has 0 radical (unpaired) electrons. The minimum Gasteiger partial charge on any atom is -0.476 e. The third kappa shape index (κ3) is 5.31. The first kappa shape index (κ1) is 25.0. The topological polar surface area (TPSA) is 100 Å². The molecule has 0 bridgehead atoms. The molecular weight excluding hydrogens is 469 g/mol. The molecule has 0 fully saturated rings. The number of carboxylic acid groups (broad SMARTS) is 1. The van der Waals surface area contributed by atoms with Gasteiger partial charge in [-0.1, -0.05) is 38.0 Å². The van der Waals surface area contributed by atoms with Gasteiger partial charge in [0.15, 0.2) is 11.6 Å². The number of rotatable bonds is 8. The van der Waals surface area contributed by atoms with Crippen LogP contribution in [0, 0.1) is 0 Å². The van der Waals surface area contributed by atoms with Gasteiger partial charge in [-0.25, -0.2) is 18.2 Å². The number of carbonyl (C=O) groups is 1. The molecule has 0 amide bonds. The molecule has 1 unspecified atom stereocenters. The summed E-state index contributed by atoms with van der Waals surface area (Å²) in [6.07, 6.45) is 4.61. The average molecular weight is 496 g/mol. The second kappa shape index (κ2) is 10.5. The van der Waals surface area contributed by atoms with Crippen LogP contribution in [-0.4, -0.2) is 54.7 Å². The van der Waals surface area contributed by atoms with Gasteiger partial charge in [-0.15, -0.1) is 11.8 Å². The first-order chi connectivity index (χ1) is 15.7. The normalized spacial score (nSPS) is 18.5. The summed E-state index contributed by atoms with van der Waals surface area (Å²) in [7, 11) is -2.43. The minimum atomic E-state index is -3.97. The summed E-state index contributed by atoms with van der Waals surface area (Å²) in [5.41, 5.74) is 0.788. The van der Waals surface area contributed by atoms with Crippen LogP contribution in [0.5, 0.6) is 5.75 Å². The van der Waals surface area contributed by atoms with Gasteiger partial charge in [0.05, 0.1) is 0 Å². The van der Waals surface area contributed by atoms with E-state index in [2.05, 4.69) is 11.9 Å². The van der Waals surface area contributed by atoms with Crippen LogP contribution in [0.4, 0.5) is 15.9 Å². The maximum absolute atomic E-state index is 13.6. The van der Waals surface area contributed by atoms with E-state index < -0.39 is 21.8 Å². The lowest BCUT2D eigenvalue weighted by molar-refractivity contribution is -0.134. The largest absolute Gasteiger partial charge is 0.476 e. The number of anilines is 2. The zero-order valence-electron chi connectivity index (χ0n) is 18.6. The van der Waals surface area contributed by atoms with Gasteiger partial charge in [0.25, 0.3) is 0 Å². The van der Waals surface area contributed by atoms with Gasteiger partial charge in [0, 0.05) is 31.4 Å². The third-order valence-corrected chi connectivity index (χ3v) is 7.96. The van der Waals surface area contributed by atoms with Gasteiger partial charge in [0.1, 0.15) is 16.2 Å². The number of pyridine rings is 1. The molecule has 2 heterocycles. The number of para-hydroxylation sites is 1. The molecule has 1 aromatic carbocycles. The number of ether oxygens (including phenoxy) is 1. The van der Waals surface area contributed by atoms with Crippen molar-refractivity contribution in [3.8, 4) is 5.75 Å². The number of aliphatic carboxylic acids is 1. The van der Waals surface area contributed by atoms with Crippen LogP contribution in [0.2, 0.25) is 0 Å². The van der Waals surface area contributed by atoms with Gasteiger partial charge in [0.2, 0.25) is 15.9 Å². The zero-order valence-corrected chi connectivity index (χ0v) is 20.2. The summed E-state index contributed by atoms with van der Waals surface area (Å²) in [6, 6.07) is 10.4. The summed E-state index contributed by atoms with van der Waals surface area (Å²) >= 11 is 1.18. The Morgan fingerprint density at radius 3 is 2.67 bits per heavy atom. The van der Waals surface area contributed by atoms with Gasteiger partial charge < -0.3 is 14.7 Å². The minimum absolute atomic E-state index is 0.0466. The maximum Gasteiger partial charge on any atom is 0.368 e. The molecule has 3 rings (SSSR count). The summed E-state index contributed by atoms with van der Waals surface area (Å²) in [5.74, 6) is -3.10. The number of hydrogen-bond donors (Lipinski definition) is 1. The monoisotopic (exact) mass is 495 g/mol. The van der Waals surface area contributed by atoms with Crippen LogP contribution in [-0.2, 0) is 14.8 Å². The molecule has 0 aliphatic carbocycles. The Morgan fingerprint density at radius 1 is 1.36 bits per heavy atom. The van der Waals surface area contributed by atoms with E-state index >= 15 is 0 Å². The number of fused-ring (bicyclic) bond motifs is 1. The van der Waals surface area contributed by atoms with Crippen molar-refractivity contribution < 1.29 is 27.4 Å². The van der Waals surface area contributed by atoms with Crippen LogP contribution in [0.1, 0.15) is 26.2 Å². The number of hydrogen-bond acceptors (Lipinski definition) is 7. The molecule has 0 saturated heterocycles. The van der Waals surface area contributed by atoms with Gasteiger partial charge in [-0.2, -0.15) is 8.70 Å². The highest BCUT2D eigenvalue weighted by molar-refractivity contribution is 7.98. The Balaban J connectivity index is 2.21. The lowest BCUT2D eigenvalue weighted by Crippen LogP contribution is -2.40. The molecule has 2 aromatic rings. The second-order valence-electron chi connectivity index (χ2n) is 7.47. The number of benzene rings is 1. The molecule has 1 N–H and O–H groups in total. The SMILES string of the molecule is CCCCC1CN(c2ccccc2)c2nc(SC)c(O/C=C(\F)C(=O)O)cc2S(=O)(=O)N1C. The van der Waals surface area contributed by atoms with Crippen LogP contribution >= 0.6 is 11.8 Å². The molecule has 1 aliphatic rings. The number of nitrogens with zero attached hydrogens (tertiary/aromatic N) is 3. The highest BCUT2D eigenvalue weighted by Crippen LogP contribution is 2.41. The Morgan fingerprint density at radius 2 is 2.06 bits per heavy atom. The van der Waals surface area contributed by atoms with Crippen molar-refractivity contribution in [3.63, 3.8) is 0 Å². The second-order valence-corrected chi connectivity index (χ2v) is 10.2. The molecule has 11 heteroatoms. The Kier molecular flexibility index (Phi) is 7.98. The van der Waals surface area contributed by atoms with Crippen molar-refractivity contribution in [2.75, 3.05) is 24.7 Å². The summed E-state index contributed by atoms with van der Waals surface area (Å²) < 4.78 is 47.2. The standard InChI is InChI=1S/C22H26FN3O5S2/c1-4-5-9-16-13-26(15-10-7-6-8-11-15)20-19(33(29,30)25(16)2)12-18(21(24-20)32-3)31-14-17(23)22(27)28/h6-8,10-12,14,16H,4-5,9,13H2,1-3H3,(H,27,28)/b17-14-. The van der Waals surface area contributed by atoms with Crippen molar-refractivity contribution in [2.45, 2.75) is 42.1 Å². The quantitative estimate of drug-likeness (QED) is 0.327. The number of sulfonamides is 1. The van der Waals surface area contributed by atoms with E-state index in [4.69, 9.17) is 9.84 Å². The van der Waals surface area contributed by atoms with Crippen LogP contribution in [0.25, 0.3) is 0 Å². The first-order valence-electron chi connectivity index (χ1n) is 10.4. The average Bonchev–Trinajstić information content (AvgIpc) is 2.89. The summed E-state index contributed by atoms with van der Waals surface area (Å²) in [4.78, 5) is 17.1. The van der Waals surface area contributed by atoms with Crippen molar-refractivity contribution in [1.82, 2.24) is 9.29 Å². The van der Waals surface area contributed by atoms with E-state index in [1.54, 1.807) is 13.3 Å². The van der Waals surface area contributed by atoms with E-state index in [1.807, 2.05) is 35.2 Å². The first-order valence-corrected chi connectivity index (χ1v) is 13.0. The molecule has 1 aromatic heterocycles. The zero-order chi connectivity index (χ0) is 24.2. The van der Waals surface area contributed by atoms with E-state index in [9.17, 15) is 17.6 Å². The number of halogens is 1. The molecule has 1 atom stereocenters. The number of carboxylic acids is 1. The summed E-state index contributed by atoms with van der Waals surface area (Å²) in [6.45, 7) is 2.45. The predicted octanol–water partition coefficient (Wildman–Crippen LogP) is 4.41. The van der Waals surface area contributed by atoms with Crippen molar-refractivity contribution >= 4 is 39.3 Å². The van der Waals surface area contributed by atoms with Crippen molar-refractivity contribution in [1.29, 1.82) is 0 Å². The molecule has 33 heavy (non-hydrogen) atoms. The van der Waals surface area contributed by atoms with Crippen LogP contribution < -0.4 is 9.64 Å². The molecule has 0 saturated carbocycles. The summed E-state index contributed by atoms with van der Waals surface area (Å²) in [5, 5.41) is 9.04. The molecule has 8 nitrogen and oxygen atoms in total. The number of aromatic nitrogens is 1. The van der Waals surface area contributed by atoms with Crippen molar-refractivity contribution in [2.24, 2.45) is 0 Å². The van der Waals surface area contributed by atoms with Gasteiger partial charge in [-0.05, 0) is 24.8 Å². The Labute approximate surface area is 197 Å². The molecule has 1 aliphatic heterocycles. The Hall–Kier alpha value is -2.63. The van der Waals surface area contributed by atoms with E-state index in [1.165, 1.54) is 22.1 Å². The van der Waals surface area contributed by atoms with Crippen LogP contribution in [0.3, 0.4) is 0 Å². The molecule has 0 spiro atoms. The fourth-order valence-electron chi connectivity index (χ4n) is 3.54. The fourth-order valence-corrected chi connectivity index (χ4v) is 5.55. The van der Waals surface area contributed by atoms with Crippen LogP contribution in [0.15, 0.2) is 58.4 Å². The van der Waals surface area contributed by atoms with Gasteiger partial charge >= 0.3 is 5.97 Å². The highest BCUT2D eigenvalue weighted by atomic mass is 32.2. The Bertz CT molecular complexity index is 1140. The molecule has 178 valence electrons. The highest BCUT2D eigenvalue weighted by Gasteiger charge is 2.38. The lowest BCUT2D eigenvalue weighted by Gasteiger charge is -2.29. The third-order valence-electron chi connectivity index (χ3n) is 5.37. The fraction of sp³-hybridized carbons (Fsp3) is 0.364. The number of likely N-dealkylation sites (N-methyl/N-ethyl adjacent to an activating group) is 1. The lowest BCUT2D eigenvalue weighted by atomic mass is 10.1.